The first-order valence-electron chi connectivity index (χ1n) is 5.43. The maximum atomic E-state index is 12.0. The highest BCUT2D eigenvalue weighted by Gasteiger charge is 2.29. The minimum atomic E-state index is -0.427. The average Bonchev–Trinajstić information content (AvgIpc) is 2.68. The molecule has 7 nitrogen and oxygen atoms in total. The van der Waals surface area contributed by atoms with E-state index in [0.29, 0.717) is 18.8 Å². The maximum absolute atomic E-state index is 12.0. The molecule has 0 aliphatic carbocycles. The molecule has 0 spiro atoms. The van der Waals surface area contributed by atoms with Gasteiger partial charge in [0.25, 0.3) is 0 Å². The Morgan fingerprint density at radius 2 is 2.47 bits per heavy atom. The third-order valence-corrected chi connectivity index (χ3v) is 2.77. The van der Waals surface area contributed by atoms with Gasteiger partial charge in [-0.2, -0.15) is 5.10 Å². The van der Waals surface area contributed by atoms with Crippen molar-refractivity contribution in [2.45, 2.75) is 19.5 Å². The van der Waals surface area contributed by atoms with E-state index < -0.39 is 6.04 Å². The fourth-order valence-corrected chi connectivity index (χ4v) is 1.82. The van der Waals surface area contributed by atoms with Gasteiger partial charge >= 0.3 is 0 Å². The molecule has 7 heteroatoms. The number of amides is 2. The molecule has 3 N–H and O–H groups in total. The van der Waals surface area contributed by atoms with Crippen molar-refractivity contribution in [2.24, 2.45) is 0 Å². The number of aromatic nitrogens is 2. The summed E-state index contributed by atoms with van der Waals surface area (Å²) in [7, 11) is 0. The number of hydrogen-bond donors (Lipinski definition) is 2. The number of nitrogens with zero attached hydrogens (tertiary/aromatic N) is 3. The van der Waals surface area contributed by atoms with Crippen molar-refractivity contribution in [3.63, 3.8) is 0 Å². The molecule has 92 valence electrons. The summed E-state index contributed by atoms with van der Waals surface area (Å²) < 4.78 is 1.47. The first-order chi connectivity index (χ1) is 8.08. The molecule has 0 radical (unpaired) electrons. The zero-order chi connectivity index (χ0) is 12.4. The van der Waals surface area contributed by atoms with Crippen molar-refractivity contribution < 1.29 is 9.59 Å². The molecule has 1 atom stereocenters. The fourth-order valence-electron chi connectivity index (χ4n) is 1.82. The lowest BCUT2D eigenvalue weighted by Gasteiger charge is -2.32. The summed E-state index contributed by atoms with van der Waals surface area (Å²) in [6, 6.07) is -0.427. The average molecular weight is 237 g/mol. The summed E-state index contributed by atoms with van der Waals surface area (Å²) in [5.41, 5.74) is 6.03. The molecule has 1 aliphatic heterocycles. The number of rotatable bonds is 2. The van der Waals surface area contributed by atoms with E-state index in [2.05, 4.69) is 10.4 Å². The van der Waals surface area contributed by atoms with Crippen LogP contribution in [-0.4, -0.2) is 45.6 Å². The van der Waals surface area contributed by atoms with Crippen molar-refractivity contribution in [3.05, 3.63) is 12.4 Å². The van der Waals surface area contributed by atoms with Gasteiger partial charge in [-0.1, -0.05) is 0 Å². The molecular weight excluding hydrogens is 222 g/mol. The molecule has 1 unspecified atom stereocenters. The zero-order valence-corrected chi connectivity index (χ0v) is 9.59. The lowest BCUT2D eigenvalue weighted by atomic mass is 10.2. The second kappa shape index (κ2) is 4.44. The molecule has 1 aromatic rings. The van der Waals surface area contributed by atoms with E-state index in [9.17, 15) is 9.59 Å². The summed E-state index contributed by atoms with van der Waals surface area (Å²) in [6.07, 6.45) is 3.08. The Bertz CT molecular complexity index is 442. The fraction of sp³-hybridized carbons (Fsp3) is 0.500. The van der Waals surface area contributed by atoms with E-state index in [1.54, 1.807) is 18.0 Å². The Hall–Kier alpha value is -2.05. The van der Waals surface area contributed by atoms with Crippen LogP contribution in [0.1, 0.15) is 6.92 Å². The van der Waals surface area contributed by atoms with Crippen LogP contribution in [0.5, 0.6) is 0 Å². The smallest absolute Gasteiger partial charge is 0.245 e. The molecule has 1 saturated heterocycles. The second-order valence-corrected chi connectivity index (χ2v) is 4.03. The van der Waals surface area contributed by atoms with E-state index in [1.165, 1.54) is 10.9 Å². The van der Waals surface area contributed by atoms with Gasteiger partial charge in [-0.3, -0.25) is 14.3 Å². The lowest BCUT2D eigenvalue weighted by molar-refractivity contribution is -0.143. The van der Waals surface area contributed by atoms with Crippen LogP contribution < -0.4 is 11.1 Å². The molecule has 1 fully saturated rings. The topological polar surface area (TPSA) is 93.2 Å². The highest BCUT2D eigenvalue weighted by atomic mass is 16.2. The first-order valence-corrected chi connectivity index (χ1v) is 5.43. The third-order valence-electron chi connectivity index (χ3n) is 2.77. The van der Waals surface area contributed by atoms with Gasteiger partial charge in [0.1, 0.15) is 12.6 Å². The Morgan fingerprint density at radius 1 is 1.71 bits per heavy atom. The Kier molecular flexibility index (Phi) is 2.99. The van der Waals surface area contributed by atoms with Gasteiger partial charge < -0.3 is 16.0 Å². The summed E-state index contributed by atoms with van der Waals surface area (Å²) in [4.78, 5) is 24.9. The van der Waals surface area contributed by atoms with E-state index in [0.717, 1.165) is 0 Å². The highest BCUT2D eigenvalue weighted by Crippen LogP contribution is 2.06. The Morgan fingerprint density at radius 3 is 3.12 bits per heavy atom. The first kappa shape index (κ1) is 11.4. The minimum absolute atomic E-state index is 0.106. The number of nitrogen functional groups attached to an aromatic ring is 1. The van der Waals surface area contributed by atoms with Crippen molar-refractivity contribution in [2.75, 3.05) is 18.8 Å². The molecule has 1 aromatic heterocycles. The van der Waals surface area contributed by atoms with E-state index in [4.69, 9.17) is 5.73 Å². The highest BCUT2D eigenvalue weighted by molar-refractivity contribution is 5.88. The number of carbonyl (C=O) groups excluding carboxylic acids is 2. The Labute approximate surface area is 98.6 Å². The van der Waals surface area contributed by atoms with Gasteiger partial charge in [-0.05, 0) is 6.92 Å². The molecule has 2 amide bonds. The molecule has 0 bridgehead atoms. The van der Waals surface area contributed by atoms with Crippen LogP contribution in [0, 0.1) is 0 Å². The zero-order valence-electron chi connectivity index (χ0n) is 9.59. The van der Waals surface area contributed by atoms with Gasteiger partial charge in [0.15, 0.2) is 0 Å². The van der Waals surface area contributed by atoms with Crippen LogP contribution in [0.4, 0.5) is 5.69 Å². The number of piperazine rings is 1. The molecule has 2 rings (SSSR count). The van der Waals surface area contributed by atoms with E-state index in [-0.39, 0.29) is 18.4 Å². The SMILES string of the molecule is CC1C(=O)NCCN1C(=O)Cn1cc(N)cn1. The minimum Gasteiger partial charge on any atom is -0.396 e. The molecule has 0 aromatic carbocycles. The van der Waals surface area contributed by atoms with E-state index >= 15 is 0 Å². The van der Waals surface area contributed by atoms with Crippen LogP contribution in [0.25, 0.3) is 0 Å². The largest absolute Gasteiger partial charge is 0.396 e. The molecule has 0 saturated carbocycles. The quantitative estimate of drug-likeness (QED) is 0.676. The predicted octanol–water partition coefficient (Wildman–Crippen LogP) is -1.19. The monoisotopic (exact) mass is 237 g/mol. The molecule has 1 aliphatic rings. The van der Waals surface area contributed by atoms with E-state index in [1.807, 2.05) is 0 Å². The van der Waals surface area contributed by atoms with Gasteiger partial charge in [-0.25, -0.2) is 0 Å². The standard InChI is InChI=1S/C10H15N5O2/c1-7-10(17)12-2-3-15(7)9(16)6-14-5-8(11)4-13-14/h4-5,7H,2-3,6,11H2,1H3,(H,12,17). The van der Waals surface area contributed by atoms with Crippen molar-refractivity contribution in [3.8, 4) is 0 Å². The number of nitrogens with one attached hydrogen (secondary N) is 1. The normalized spacial score (nSPS) is 20.2. The maximum Gasteiger partial charge on any atom is 0.245 e. The second-order valence-electron chi connectivity index (χ2n) is 4.03. The van der Waals surface area contributed by atoms with Crippen LogP contribution in [0.3, 0.4) is 0 Å². The van der Waals surface area contributed by atoms with Crippen LogP contribution in [0.2, 0.25) is 0 Å². The van der Waals surface area contributed by atoms with Crippen molar-refractivity contribution in [1.82, 2.24) is 20.0 Å². The summed E-state index contributed by atoms with van der Waals surface area (Å²) in [6.45, 7) is 2.84. The summed E-state index contributed by atoms with van der Waals surface area (Å²) >= 11 is 0. The lowest BCUT2D eigenvalue weighted by Crippen LogP contribution is -2.56. The molecule has 2 heterocycles. The van der Waals surface area contributed by atoms with Gasteiger partial charge in [0, 0.05) is 19.3 Å². The van der Waals surface area contributed by atoms with Crippen molar-refractivity contribution >= 4 is 17.5 Å². The Balaban J connectivity index is 2.02. The number of anilines is 1. The van der Waals surface area contributed by atoms with Gasteiger partial charge in [0.05, 0.1) is 11.9 Å². The number of carbonyl (C=O) groups is 2. The van der Waals surface area contributed by atoms with Gasteiger partial charge in [-0.15, -0.1) is 0 Å². The molecule has 17 heavy (non-hydrogen) atoms. The molecular formula is C10H15N5O2. The number of nitrogens with two attached hydrogens (primary N) is 1. The predicted molar refractivity (Wildman–Crippen MR) is 60.8 cm³/mol. The van der Waals surface area contributed by atoms with Gasteiger partial charge in [0.2, 0.25) is 11.8 Å². The number of hydrogen-bond acceptors (Lipinski definition) is 4. The van der Waals surface area contributed by atoms with Crippen LogP contribution in [-0.2, 0) is 16.1 Å². The van der Waals surface area contributed by atoms with Crippen LogP contribution >= 0.6 is 0 Å². The summed E-state index contributed by atoms with van der Waals surface area (Å²) in [5, 5.41) is 6.65. The third kappa shape index (κ3) is 2.38. The van der Waals surface area contributed by atoms with Crippen LogP contribution in [0.15, 0.2) is 12.4 Å². The summed E-state index contributed by atoms with van der Waals surface area (Å²) in [5.74, 6) is -0.250. The van der Waals surface area contributed by atoms with Crippen molar-refractivity contribution in [1.29, 1.82) is 0 Å².